The summed E-state index contributed by atoms with van der Waals surface area (Å²) in [4.78, 5) is 12.3. The minimum Gasteiger partial charge on any atom is -0.383 e. The van der Waals surface area contributed by atoms with Crippen molar-refractivity contribution < 1.29 is 9.53 Å². The highest BCUT2D eigenvalue weighted by molar-refractivity contribution is 8.02. The van der Waals surface area contributed by atoms with Gasteiger partial charge in [-0.3, -0.25) is 4.79 Å². The number of hydrogen-bond donors (Lipinski definition) is 2. The average Bonchev–Trinajstić information content (AvgIpc) is 3.00. The molecule has 0 radical (unpaired) electrons. The Balaban J connectivity index is 1.93. The van der Waals surface area contributed by atoms with Gasteiger partial charge in [-0.1, -0.05) is 57.9 Å². The molecule has 2 rings (SSSR count). The number of nitrogens with one attached hydrogen (secondary N) is 2. The second-order valence-corrected chi connectivity index (χ2v) is 8.58. The summed E-state index contributed by atoms with van der Waals surface area (Å²) in [5, 5.41) is 15.1. The van der Waals surface area contributed by atoms with Crippen LogP contribution in [0.15, 0.2) is 16.5 Å². The zero-order valence-electron chi connectivity index (χ0n) is 13.3. The molecule has 0 fully saturated rings. The first-order valence-electron chi connectivity index (χ1n) is 7.09. The molecule has 0 aliphatic heterocycles. The van der Waals surface area contributed by atoms with Gasteiger partial charge in [-0.25, -0.2) is 0 Å². The van der Waals surface area contributed by atoms with E-state index in [0.29, 0.717) is 43.4 Å². The average molecular weight is 442 g/mol. The van der Waals surface area contributed by atoms with Crippen molar-refractivity contribution in [1.82, 2.24) is 10.2 Å². The fraction of sp³-hybridized carbons (Fsp3) is 0.357. The number of carbonyl (C=O) groups is 1. The van der Waals surface area contributed by atoms with Crippen LogP contribution in [0.4, 0.5) is 10.8 Å². The number of hydrogen-bond acceptors (Lipinski definition) is 7. The van der Waals surface area contributed by atoms with E-state index in [1.165, 1.54) is 35.2 Å². The third kappa shape index (κ3) is 6.16. The minimum absolute atomic E-state index is 0.227. The van der Waals surface area contributed by atoms with E-state index < -0.39 is 5.25 Å². The van der Waals surface area contributed by atoms with Gasteiger partial charge in [0.2, 0.25) is 11.0 Å². The predicted octanol–water partition coefficient (Wildman–Crippen LogP) is 4.68. The minimum atomic E-state index is -0.398. The van der Waals surface area contributed by atoms with Gasteiger partial charge in [0.05, 0.1) is 32.6 Å². The Morgan fingerprint density at radius 3 is 2.72 bits per heavy atom. The number of anilines is 2. The van der Waals surface area contributed by atoms with Gasteiger partial charge in [-0.15, -0.1) is 10.2 Å². The van der Waals surface area contributed by atoms with Crippen LogP contribution in [0.2, 0.25) is 15.1 Å². The largest absolute Gasteiger partial charge is 0.383 e. The lowest BCUT2D eigenvalue weighted by Gasteiger charge is -2.12. The van der Waals surface area contributed by atoms with Crippen molar-refractivity contribution in [2.45, 2.75) is 16.5 Å². The third-order valence-electron chi connectivity index (χ3n) is 2.90. The molecule has 1 aromatic heterocycles. The first-order valence-corrected chi connectivity index (χ1v) is 9.92. The maximum Gasteiger partial charge on any atom is 0.237 e. The highest BCUT2D eigenvalue weighted by atomic mass is 35.5. The van der Waals surface area contributed by atoms with E-state index in [1.807, 2.05) is 0 Å². The molecule has 0 unspecified atom stereocenters. The number of halogens is 3. The van der Waals surface area contributed by atoms with E-state index in [9.17, 15) is 4.79 Å². The number of carbonyl (C=O) groups excluding carboxylic acids is 1. The van der Waals surface area contributed by atoms with Crippen molar-refractivity contribution in [2.24, 2.45) is 0 Å². The first kappa shape index (κ1) is 20.5. The number of benzene rings is 1. The van der Waals surface area contributed by atoms with Gasteiger partial charge in [-0.05, 0) is 19.1 Å². The second-order valence-electron chi connectivity index (χ2n) is 4.79. The van der Waals surface area contributed by atoms with E-state index in [1.54, 1.807) is 14.0 Å². The fourth-order valence-corrected chi connectivity index (χ4v) is 4.16. The monoisotopic (exact) mass is 440 g/mol. The zero-order chi connectivity index (χ0) is 18.4. The number of nitrogens with zero attached hydrogens (tertiary/aromatic N) is 2. The lowest BCUT2D eigenvalue weighted by molar-refractivity contribution is -0.115. The van der Waals surface area contributed by atoms with E-state index in [2.05, 4.69) is 20.8 Å². The Morgan fingerprint density at radius 2 is 2.00 bits per heavy atom. The molecule has 0 spiro atoms. The summed E-state index contributed by atoms with van der Waals surface area (Å²) in [6.07, 6.45) is 0. The van der Waals surface area contributed by atoms with Crippen molar-refractivity contribution in [1.29, 1.82) is 0 Å². The number of rotatable bonds is 8. The Bertz CT molecular complexity index is 745. The molecule has 1 amide bonds. The van der Waals surface area contributed by atoms with E-state index >= 15 is 0 Å². The quantitative estimate of drug-likeness (QED) is 0.352. The number of methoxy groups -OCH3 is 1. The van der Waals surface area contributed by atoms with E-state index in [4.69, 9.17) is 39.5 Å². The van der Waals surface area contributed by atoms with Crippen LogP contribution < -0.4 is 10.6 Å². The Morgan fingerprint density at radius 1 is 1.28 bits per heavy atom. The second kappa shape index (κ2) is 9.80. The highest BCUT2D eigenvalue weighted by Gasteiger charge is 2.19. The van der Waals surface area contributed by atoms with Crippen molar-refractivity contribution in [3.8, 4) is 0 Å². The number of aromatic nitrogens is 2. The number of thioether (sulfide) groups is 1. The van der Waals surface area contributed by atoms with Crippen LogP contribution in [0.3, 0.4) is 0 Å². The first-order chi connectivity index (χ1) is 11.9. The van der Waals surface area contributed by atoms with Gasteiger partial charge in [0.1, 0.15) is 0 Å². The van der Waals surface area contributed by atoms with Gasteiger partial charge >= 0.3 is 0 Å². The summed E-state index contributed by atoms with van der Waals surface area (Å²) in [5.74, 6) is -0.227. The summed E-state index contributed by atoms with van der Waals surface area (Å²) >= 11 is 20.6. The summed E-state index contributed by atoms with van der Waals surface area (Å²) < 4.78 is 5.64. The lowest BCUT2D eigenvalue weighted by atomic mass is 10.3. The lowest BCUT2D eigenvalue weighted by Crippen LogP contribution is -2.22. The normalized spacial score (nSPS) is 12.0. The maximum atomic E-state index is 12.3. The van der Waals surface area contributed by atoms with Crippen LogP contribution in [0, 0.1) is 0 Å². The van der Waals surface area contributed by atoms with Crippen molar-refractivity contribution in [3.05, 3.63) is 27.2 Å². The molecule has 0 saturated carbocycles. The zero-order valence-corrected chi connectivity index (χ0v) is 17.2. The van der Waals surface area contributed by atoms with Gasteiger partial charge in [0.15, 0.2) is 4.34 Å². The Kier molecular flexibility index (Phi) is 8.05. The third-order valence-corrected chi connectivity index (χ3v) is 6.00. The van der Waals surface area contributed by atoms with E-state index in [0.717, 1.165) is 0 Å². The fourth-order valence-electron chi connectivity index (χ4n) is 1.65. The molecule has 0 bridgehead atoms. The van der Waals surface area contributed by atoms with Gasteiger partial charge in [0.25, 0.3) is 0 Å². The molecular weight excluding hydrogens is 427 g/mol. The number of amides is 1. The standard InChI is InChI=1S/C14H15Cl3N4O2S2/c1-7(24-14-21-20-13(25-14)18-3-4-23-2)12(22)19-11-6-9(16)8(15)5-10(11)17/h5-7H,3-4H2,1-2H3,(H,18,20)(H,19,22)/t7-/m0/s1. The molecule has 0 aliphatic carbocycles. The molecule has 1 aromatic carbocycles. The van der Waals surface area contributed by atoms with Gasteiger partial charge < -0.3 is 15.4 Å². The number of ether oxygens (including phenoxy) is 1. The summed E-state index contributed by atoms with van der Waals surface area (Å²) in [7, 11) is 1.63. The molecule has 1 heterocycles. The van der Waals surface area contributed by atoms with Crippen LogP contribution in [0.5, 0.6) is 0 Å². The molecule has 136 valence electrons. The summed E-state index contributed by atoms with van der Waals surface area (Å²) in [6, 6.07) is 3.01. The predicted molar refractivity (Wildman–Crippen MR) is 106 cm³/mol. The topological polar surface area (TPSA) is 76.1 Å². The molecule has 6 nitrogen and oxygen atoms in total. The molecule has 1 atom stereocenters. The molecular formula is C14H15Cl3N4O2S2. The summed E-state index contributed by atoms with van der Waals surface area (Å²) in [5.41, 5.74) is 0.410. The van der Waals surface area contributed by atoms with Crippen LogP contribution >= 0.6 is 57.9 Å². The van der Waals surface area contributed by atoms with Gasteiger partial charge in [0, 0.05) is 13.7 Å². The Hall–Kier alpha value is -0.770. The molecule has 11 heteroatoms. The van der Waals surface area contributed by atoms with E-state index in [-0.39, 0.29) is 5.91 Å². The van der Waals surface area contributed by atoms with Crippen LogP contribution in [0.25, 0.3) is 0 Å². The molecule has 0 aliphatic rings. The van der Waals surface area contributed by atoms with Crippen molar-refractivity contribution in [2.75, 3.05) is 30.9 Å². The van der Waals surface area contributed by atoms with Crippen LogP contribution in [0.1, 0.15) is 6.92 Å². The van der Waals surface area contributed by atoms with Crippen molar-refractivity contribution >= 4 is 74.6 Å². The van der Waals surface area contributed by atoms with Crippen LogP contribution in [-0.2, 0) is 9.53 Å². The maximum absolute atomic E-state index is 12.3. The van der Waals surface area contributed by atoms with Crippen molar-refractivity contribution in [3.63, 3.8) is 0 Å². The smallest absolute Gasteiger partial charge is 0.237 e. The molecule has 0 saturated heterocycles. The molecule has 2 aromatic rings. The molecule has 25 heavy (non-hydrogen) atoms. The SMILES string of the molecule is COCCNc1nnc(S[C@@H](C)C(=O)Nc2cc(Cl)c(Cl)cc2Cl)s1. The molecule has 2 N–H and O–H groups in total. The van der Waals surface area contributed by atoms with Gasteiger partial charge in [-0.2, -0.15) is 0 Å². The highest BCUT2D eigenvalue weighted by Crippen LogP contribution is 2.33. The Labute approximate surface area is 168 Å². The van der Waals surface area contributed by atoms with Crippen LogP contribution in [-0.4, -0.2) is 41.6 Å². The summed E-state index contributed by atoms with van der Waals surface area (Å²) in [6.45, 7) is 2.98.